The number of ether oxygens (including phenoxy) is 2. The molecule has 0 unspecified atom stereocenters. The summed E-state index contributed by atoms with van der Waals surface area (Å²) in [5.41, 5.74) is 1.53. The Morgan fingerprint density at radius 2 is 1.61 bits per heavy atom. The average molecular weight is 377 g/mol. The molecule has 28 heavy (non-hydrogen) atoms. The van der Waals surface area contributed by atoms with Crippen LogP contribution in [0.25, 0.3) is 10.8 Å². The van der Waals surface area contributed by atoms with Gasteiger partial charge in [0.25, 0.3) is 5.91 Å². The van der Waals surface area contributed by atoms with Gasteiger partial charge in [-0.2, -0.15) is 0 Å². The normalized spacial score (nSPS) is 10.5. The average Bonchev–Trinajstić information content (AvgIpc) is 2.74. The molecule has 0 aliphatic heterocycles. The van der Waals surface area contributed by atoms with Crippen molar-refractivity contribution in [3.63, 3.8) is 0 Å². The number of rotatable bonds is 8. The topological polar surface area (TPSA) is 64.6 Å². The zero-order valence-electron chi connectivity index (χ0n) is 15.8. The highest BCUT2D eigenvalue weighted by molar-refractivity contribution is 5.99. The van der Waals surface area contributed by atoms with Crippen molar-refractivity contribution in [2.45, 2.75) is 12.8 Å². The third-order valence-electron chi connectivity index (χ3n) is 4.43. The molecule has 0 heterocycles. The van der Waals surface area contributed by atoms with Gasteiger partial charge in [0.15, 0.2) is 6.61 Å². The van der Waals surface area contributed by atoms with E-state index in [-0.39, 0.29) is 12.5 Å². The number of hydrogen-bond acceptors (Lipinski definition) is 4. The van der Waals surface area contributed by atoms with Gasteiger partial charge in [-0.15, -0.1) is 0 Å². The molecule has 1 N–H and O–H groups in total. The summed E-state index contributed by atoms with van der Waals surface area (Å²) in [6.07, 6.45) is 1.71. The molecule has 0 saturated carbocycles. The third-order valence-corrected chi connectivity index (χ3v) is 4.43. The molecule has 0 aliphatic carbocycles. The maximum atomic E-state index is 12.4. The molecule has 3 aromatic carbocycles. The van der Waals surface area contributed by atoms with Crippen molar-refractivity contribution in [1.82, 2.24) is 5.32 Å². The first-order valence-electron chi connectivity index (χ1n) is 9.22. The standard InChI is InChI=1S/C23H23NO4/c1-27-21-15-19-12-6-5-11-18(19)14-20(21)23(26)28-16-22(25)24-13-7-10-17-8-3-2-4-9-17/h2-6,8-9,11-12,14-15H,7,10,13,16H2,1H3,(H,24,25). The van der Waals surface area contributed by atoms with Crippen molar-refractivity contribution in [2.75, 3.05) is 20.3 Å². The van der Waals surface area contributed by atoms with Crippen LogP contribution in [0.15, 0.2) is 66.7 Å². The Morgan fingerprint density at radius 3 is 2.32 bits per heavy atom. The predicted octanol–water partition coefficient (Wildman–Crippen LogP) is 3.75. The summed E-state index contributed by atoms with van der Waals surface area (Å²) in [7, 11) is 1.50. The number of methoxy groups -OCH3 is 1. The van der Waals surface area contributed by atoms with Gasteiger partial charge in [0.1, 0.15) is 11.3 Å². The van der Waals surface area contributed by atoms with Gasteiger partial charge in [-0.05, 0) is 41.3 Å². The number of aryl methyl sites for hydroxylation is 1. The van der Waals surface area contributed by atoms with Gasteiger partial charge in [-0.1, -0.05) is 54.6 Å². The van der Waals surface area contributed by atoms with Crippen molar-refractivity contribution in [2.24, 2.45) is 0 Å². The van der Waals surface area contributed by atoms with Crippen molar-refractivity contribution in [3.8, 4) is 5.75 Å². The number of esters is 1. The molecule has 0 radical (unpaired) electrons. The minimum Gasteiger partial charge on any atom is -0.496 e. The van der Waals surface area contributed by atoms with Crippen LogP contribution in [0, 0.1) is 0 Å². The fourth-order valence-corrected chi connectivity index (χ4v) is 2.97. The molecule has 1 amide bonds. The molecule has 5 nitrogen and oxygen atoms in total. The molecule has 3 aromatic rings. The van der Waals surface area contributed by atoms with Gasteiger partial charge in [-0.25, -0.2) is 4.79 Å². The van der Waals surface area contributed by atoms with Crippen LogP contribution in [-0.2, 0) is 16.0 Å². The van der Waals surface area contributed by atoms with E-state index in [2.05, 4.69) is 17.4 Å². The Hall–Kier alpha value is -3.34. The number of carbonyl (C=O) groups excluding carboxylic acids is 2. The Kier molecular flexibility index (Phi) is 6.63. The highest BCUT2D eigenvalue weighted by atomic mass is 16.5. The van der Waals surface area contributed by atoms with E-state index in [0.29, 0.717) is 17.9 Å². The van der Waals surface area contributed by atoms with Crippen LogP contribution >= 0.6 is 0 Å². The van der Waals surface area contributed by atoms with Crippen LogP contribution in [-0.4, -0.2) is 32.1 Å². The second-order valence-electron chi connectivity index (χ2n) is 6.41. The largest absolute Gasteiger partial charge is 0.496 e. The van der Waals surface area contributed by atoms with Gasteiger partial charge in [-0.3, -0.25) is 4.79 Å². The quantitative estimate of drug-likeness (QED) is 0.480. The lowest BCUT2D eigenvalue weighted by molar-refractivity contribution is -0.124. The number of fused-ring (bicyclic) bond motifs is 1. The van der Waals surface area contributed by atoms with Crippen LogP contribution < -0.4 is 10.1 Å². The van der Waals surface area contributed by atoms with Crippen molar-refractivity contribution >= 4 is 22.6 Å². The maximum Gasteiger partial charge on any atom is 0.342 e. The summed E-state index contributed by atoms with van der Waals surface area (Å²) >= 11 is 0. The van der Waals surface area contributed by atoms with Crippen LogP contribution in [0.5, 0.6) is 5.75 Å². The van der Waals surface area contributed by atoms with Gasteiger partial charge < -0.3 is 14.8 Å². The first-order chi connectivity index (χ1) is 13.7. The number of nitrogens with one attached hydrogen (secondary N) is 1. The molecular weight excluding hydrogens is 354 g/mol. The monoisotopic (exact) mass is 377 g/mol. The molecule has 0 spiro atoms. The minimum absolute atomic E-state index is 0.304. The first-order valence-corrected chi connectivity index (χ1v) is 9.22. The zero-order chi connectivity index (χ0) is 19.8. The van der Waals surface area contributed by atoms with E-state index in [1.54, 1.807) is 12.1 Å². The van der Waals surface area contributed by atoms with E-state index in [1.807, 2.05) is 42.5 Å². The fraction of sp³-hybridized carbons (Fsp3) is 0.217. The lowest BCUT2D eigenvalue weighted by Crippen LogP contribution is -2.29. The smallest absolute Gasteiger partial charge is 0.342 e. The molecular formula is C23H23NO4. The van der Waals surface area contributed by atoms with Crippen molar-refractivity contribution in [3.05, 3.63) is 77.9 Å². The van der Waals surface area contributed by atoms with Gasteiger partial charge in [0, 0.05) is 6.54 Å². The lowest BCUT2D eigenvalue weighted by Gasteiger charge is -2.11. The summed E-state index contributed by atoms with van der Waals surface area (Å²) in [6.45, 7) is 0.213. The van der Waals surface area contributed by atoms with Gasteiger partial charge in [0.05, 0.1) is 7.11 Å². The number of carbonyl (C=O) groups is 2. The molecule has 0 saturated heterocycles. The van der Waals surface area contributed by atoms with E-state index in [9.17, 15) is 9.59 Å². The number of amides is 1. The van der Waals surface area contributed by atoms with E-state index in [4.69, 9.17) is 9.47 Å². The van der Waals surface area contributed by atoms with Crippen LogP contribution in [0.2, 0.25) is 0 Å². The van der Waals surface area contributed by atoms with E-state index in [1.165, 1.54) is 12.7 Å². The first kappa shape index (κ1) is 19.4. The molecule has 0 fully saturated rings. The van der Waals surface area contributed by atoms with E-state index >= 15 is 0 Å². The summed E-state index contributed by atoms with van der Waals surface area (Å²) in [5, 5.41) is 4.64. The summed E-state index contributed by atoms with van der Waals surface area (Å²) in [6, 6.07) is 21.2. The predicted molar refractivity (Wildman–Crippen MR) is 109 cm³/mol. The highest BCUT2D eigenvalue weighted by Gasteiger charge is 2.16. The SMILES string of the molecule is COc1cc2ccccc2cc1C(=O)OCC(=O)NCCCc1ccccc1. The lowest BCUT2D eigenvalue weighted by atomic mass is 10.1. The summed E-state index contributed by atoms with van der Waals surface area (Å²) in [4.78, 5) is 24.3. The van der Waals surface area contributed by atoms with Gasteiger partial charge in [0.2, 0.25) is 0 Å². The molecule has 0 atom stereocenters. The zero-order valence-corrected chi connectivity index (χ0v) is 15.8. The Labute approximate surface area is 164 Å². The molecule has 144 valence electrons. The van der Waals surface area contributed by atoms with Crippen LogP contribution in [0.1, 0.15) is 22.3 Å². The van der Waals surface area contributed by atoms with Gasteiger partial charge >= 0.3 is 5.97 Å². The fourth-order valence-electron chi connectivity index (χ4n) is 2.97. The second kappa shape index (κ2) is 9.55. The molecule has 5 heteroatoms. The van der Waals surface area contributed by atoms with Crippen molar-refractivity contribution < 1.29 is 19.1 Å². The van der Waals surface area contributed by atoms with Crippen molar-refractivity contribution in [1.29, 1.82) is 0 Å². The van der Waals surface area contributed by atoms with Crippen LogP contribution in [0.3, 0.4) is 0 Å². The number of hydrogen-bond donors (Lipinski definition) is 1. The Morgan fingerprint density at radius 1 is 0.929 bits per heavy atom. The third kappa shape index (κ3) is 5.10. The van der Waals surface area contributed by atoms with E-state index in [0.717, 1.165) is 23.6 Å². The Bertz CT molecular complexity index is 953. The molecule has 0 bridgehead atoms. The molecule has 3 rings (SSSR count). The minimum atomic E-state index is -0.581. The van der Waals surface area contributed by atoms with E-state index < -0.39 is 5.97 Å². The Balaban J connectivity index is 1.49. The number of benzene rings is 3. The molecule has 0 aromatic heterocycles. The van der Waals surface area contributed by atoms with Crippen LogP contribution in [0.4, 0.5) is 0 Å². The summed E-state index contributed by atoms with van der Waals surface area (Å²) < 4.78 is 10.5. The molecule has 0 aliphatic rings. The summed E-state index contributed by atoms with van der Waals surface area (Å²) in [5.74, 6) is -0.477. The highest BCUT2D eigenvalue weighted by Crippen LogP contribution is 2.26. The second-order valence-corrected chi connectivity index (χ2v) is 6.41. The maximum absolute atomic E-state index is 12.4.